The van der Waals surface area contributed by atoms with Crippen molar-refractivity contribution in [1.29, 1.82) is 0 Å². The molecule has 0 fully saturated rings. The molecule has 0 heterocycles. The topological polar surface area (TPSA) is 18.5 Å². The summed E-state index contributed by atoms with van der Waals surface area (Å²) in [6.45, 7) is 2.92. The Kier molecular flexibility index (Phi) is 10.4. The molecule has 0 N–H and O–H groups in total. The Bertz CT molecular complexity index is 1830. The first kappa shape index (κ1) is 35.1. The molecule has 0 radical (unpaired) electrons. The number of unbranched alkanes of at least 4 members (excludes halogenated alkanes) is 2. The number of rotatable bonds is 9. The second-order valence-corrected chi connectivity index (χ2v) is 10.3. The highest BCUT2D eigenvalue weighted by Crippen LogP contribution is 2.37. The first-order valence-electron chi connectivity index (χ1n) is 13.9. The van der Waals surface area contributed by atoms with Crippen molar-refractivity contribution >= 4 is 0 Å². The van der Waals surface area contributed by atoms with Crippen molar-refractivity contribution in [1.82, 2.24) is 0 Å². The monoisotopic (exact) mass is 672 g/mol. The lowest BCUT2D eigenvalue weighted by atomic mass is 9.99. The van der Waals surface area contributed by atoms with Crippen molar-refractivity contribution in [3.8, 4) is 34.5 Å². The molecule has 0 saturated carbocycles. The van der Waals surface area contributed by atoms with Crippen LogP contribution in [0.1, 0.15) is 54.0 Å². The van der Waals surface area contributed by atoms with Gasteiger partial charge < -0.3 is 9.47 Å². The van der Waals surface area contributed by atoms with Gasteiger partial charge in [-0.3, -0.25) is 0 Å². The van der Waals surface area contributed by atoms with E-state index in [0.29, 0.717) is 36.8 Å². The van der Waals surface area contributed by atoms with Gasteiger partial charge in [-0.25, -0.2) is 26.3 Å². The molecular weight excluding hydrogens is 649 g/mol. The van der Waals surface area contributed by atoms with Crippen LogP contribution in [0.5, 0.6) is 11.5 Å². The molecule has 248 valence electrons. The zero-order chi connectivity index (χ0) is 34.7. The summed E-state index contributed by atoms with van der Waals surface area (Å²) in [4.78, 5) is 0. The van der Waals surface area contributed by atoms with E-state index in [4.69, 9.17) is 0 Å². The van der Waals surface area contributed by atoms with Gasteiger partial charge in [0, 0.05) is 28.8 Å². The van der Waals surface area contributed by atoms with Gasteiger partial charge in [0.15, 0.2) is 11.6 Å². The number of ether oxygens (including phenoxy) is 2. The van der Waals surface area contributed by atoms with Gasteiger partial charge >= 0.3 is 12.5 Å². The molecular formula is C34H23F11O2. The Morgan fingerprint density at radius 1 is 0.681 bits per heavy atom. The molecule has 0 bridgehead atoms. The van der Waals surface area contributed by atoms with Crippen LogP contribution in [0.3, 0.4) is 0 Å². The van der Waals surface area contributed by atoms with Crippen molar-refractivity contribution in [2.45, 2.75) is 52.0 Å². The Hall–Kier alpha value is -4.73. The van der Waals surface area contributed by atoms with E-state index in [0.717, 1.165) is 37.8 Å². The number of halogens is 11. The molecule has 0 atom stereocenters. The Morgan fingerprint density at radius 3 is 1.96 bits per heavy atom. The number of benzene rings is 4. The summed E-state index contributed by atoms with van der Waals surface area (Å²) < 4.78 is 162. The lowest BCUT2D eigenvalue weighted by Crippen LogP contribution is -2.23. The average Bonchev–Trinajstić information content (AvgIpc) is 2.96. The standard InChI is InChI=1S/C34H23F11O2/c1-3-4-5-6-19-7-10-23(26(35)13-19)21-9-12-25(29(38)15-21)33(41,42)46-22-16-27(36)24(28(37)17-22)11-8-20-14-30(39)32(31(40)18(20)2)47-34(43,44)45/h7,9-10,12-17H,3-6H2,1-2H3. The van der Waals surface area contributed by atoms with Gasteiger partial charge in [-0.15, -0.1) is 13.2 Å². The van der Waals surface area contributed by atoms with Crippen LogP contribution in [0, 0.1) is 53.7 Å². The van der Waals surface area contributed by atoms with Crippen LogP contribution in [0.25, 0.3) is 11.1 Å². The smallest absolute Gasteiger partial charge is 0.429 e. The van der Waals surface area contributed by atoms with E-state index in [1.54, 1.807) is 6.07 Å². The first-order valence-corrected chi connectivity index (χ1v) is 13.9. The number of hydrogen-bond donors (Lipinski definition) is 0. The summed E-state index contributed by atoms with van der Waals surface area (Å²) in [5.74, 6) is -7.81. The van der Waals surface area contributed by atoms with E-state index < -0.39 is 81.1 Å². The minimum absolute atomic E-state index is 0.0361. The van der Waals surface area contributed by atoms with Crippen LogP contribution >= 0.6 is 0 Å². The fourth-order valence-corrected chi connectivity index (χ4v) is 4.54. The predicted molar refractivity (Wildman–Crippen MR) is 150 cm³/mol. The molecule has 0 aromatic heterocycles. The summed E-state index contributed by atoms with van der Waals surface area (Å²) in [5, 5.41) is 0. The third-order valence-corrected chi connectivity index (χ3v) is 6.92. The molecule has 13 heteroatoms. The molecule has 4 rings (SSSR count). The van der Waals surface area contributed by atoms with Crippen LogP contribution in [-0.4, -0.2) is 6.36 Å². The van der Waals surface area contributed by atoms with Crippen LogP contribution in [0.15, 0.2) is 54.6 Å². The van der Waals surface area contributed by atoms with Crippen LogP contribution in [0.4, 0.5) is 48.3 Å². The molecule has 0 aliphatic carbocycles. The zero-order valence-electron chi connectivity index (χ0n) is 24.5. The van der Waals surface area contributed by atoms with Crippen molar-refractivity contribution in [3.63, 3.8) is 0 Å². The van der Waals surface area contributed by atoms with Crippen molar-refractivity contribution in [3.05, 3.63) is 117 Å². The maximum atomic E-state index is 14.9. The summed E-state index contributed by atoms with van der Waals surface area (Å²) in [6.07, 6.45) is -6.47. The molecule has 4 aromatic carbocycles. The SMILES string of the molecule is CCCCCc1ccc(-c2ccc(C(F)(F)Oc3cc(F)c(C#Cc4cc(F)c(OC(F)(F)F)c(F)c4C)c(F)c3)c(F)c2)c(F)c1. The fourth-order valence-electron chi connectivity index (χ4n) is 4.54. The first-order chi connectivity index (χ1) is 22.0. The van der Waals surface area contributed by atoms with Crippen molar-refractivity contribution < 1.29 is 57.8 Å². The Morgan fingerprint density at radius 2 is 1.36 bits per heavy atom. The number of aryl methyl sites for hydroxylation is 1. The van der Waals surface area contributed by atoms with E-state index in [9.17, 15) is 48.3 Å². The molecule has 0 aliphatic rings. The van der Waals surface area contributed by atoms with E-state index in [1.165, 1.54) is 12.1 Å². The maximum absolute atomic E-state index is 14.9. The number of hydrogen-bond acceptors (Lipinski definition) is 2. The van der Waals surface area contributed by atoms with Gasteiger partial charge in [0.25, 0.3) is 0 Å². The minimum Gasteiger partial charge on any atom is -0.429 e. The van der Waals surface area contributed by atoms with Crippen LogP contribution in [0.2, 0.25) is 0 Å². The second kappa shape index (κ2) is 13.9. The van der Waals surface area contributed by atoms with Gasteiger partial charge in [-0.2, -0.15) is 8.78 Å². The summed E-state index contributed by atoms with van der Waals surface area (Å²) >= 11 is 0. The van der Waals surface area contributed by atoms with E-state index >= 15 is 0 Å². The van der Waals surface area contributed by atoms with Crippen molar-refractivity contribution in [2.24, 2.45) is 0 Å². The molecule has 0 unspecified atom stereocenters. The normalized spacial score (nSPS) is 11.7. The molecule has 0 spiro atoms. The fraction of sp³-hybridized carbons (Fsp3) is 0.235. The number of alkyl halides is 5. The quantitative estimate of drug-likeness (QED) is 0.100. The van der Waals surface area contributed by atoms with Crippen LogP contribution < -0.4 is 9.47 Å². The average molecular weight is 673 g/mol. The van der Waals surface area contributed by atoms with Crippen LogP contribution in [-0.2, 0) is 12.5 Å². The van der Waals surface area contributed by atoms with Gasteiger partial charge in [0.05, 0.1) is 11.1 Å². The summed E-state index contributed by atoms with van der Waals surface area (Å²) in [6, 6.07) is 7.59. The van der Waals surface area contributed by atoms with Gasteiger partial charge in [-0.1, -0.05) is 49.8 Å². The van der Waals surface area contributed by atoms with Gasteiger partial charge in [-0.05, 0) is 55.2 Å². The largest absolute Gasteiger partial charge is 0.573 e. The molecule has 0 aliphatic heterocycles. The Labute approximate surface area is 261 Å². The Balaban J connectivity index is 1.55. The van der Waals surface area contributed by atoms with E-state index in [-0.39, 0.29) is 11.1 Å². The highest BCUT2D eigenvalue weighted by molar-refractivity contribution is 5.65. The lowest BCUT2D eigenvalue weighted by Gasteiger charge is -2.19. The zero-order valence-corrected chi connectivity index (χ0v) is 24.5. The third-order valence-electron chi connectivity index (χ3n) is 6.92. The van der Waals surface area contributed by atoms with Gasteiger partial charge in [0.2, 0.25) is 5.75 Å². The molecule has 0 saturated heterocycles. The van der Waals surface area contributed by atoms with Gasteiger partial charge in [0.1, 0.15) is 29.0 Å². The maximum Gasteiger partial charge on any atom is 0.573 e. The summed E-state index contributed by atoms with van der Waals surface area (Å²) in [7, 11) is 0. The highest BCUT2D eigenvalue weighted by Gasteiger charge is 2.38. The van der Waals surface area contributed by atoms with E-state index in [2.05, 4.69) is 9.47 Å². The molecule has 0 amide bonds. The van der Waals surface area contributed by atoms with E-state index in [1.807, 2.05) is 18.8 Å². The minimum atomic E-state index is -5.41. The molecule has 4 aromatic rings. The lowest BCUT2D eigenvalue weighted by molar-refractivity contribution is -0.276. The highest BCUT2D eigenvalue weighted by atomic mass is 19.4. The van der Waals surface area contributed by atoms with Crippen molar-refractivity contribution in [2.75, 3.05) is 0 Å². The third kappa shape index (κ3) is 8.36. The second-order valence-electron chi connectivity index (χ2n) is 10.3. The molecule has 2 nitrogen and oxygen atoms in total. The molecule has 47 heavy (non-hydrogen) atoms. The predicted octanol–water partition coefficient (Wildman–Crippen LogP) is 10.7. The summed E-state index contributed by atoms with van der Waals surface area (Å²) in [5.41, 5.74) is -2.98.